The third kappa shape index (κ3) is 2.76. The first-order valence-corrected chi connectivity index (χ1v) is 6.99. The van der Waals surface area contributed by atoms with E-state index in [0.717, 1.165) is 31.0 Å². The largest absolute Gasteiger partial charge is 0.468 e. The highest BCUT2D eigenvalue weighted by molar-refractivity contribution is 5.91. The number of ether oxygens (including phenoxy) is 1. The van der Waals surface area contributed by atoms with Crippen LogP contribution in [0.15, 0.2) is 16.5 Å². The van der Waals surface area contributed by atoms with Crippen molar-refractivity contribution >= 4 is 5.91 Å². The minimum atomic E-state index is -0.116. The van der Waals surface area contributed by atoms with Gasteiger partial charge in [0, 0.05) is 25.1 Å². The number of hydrogen-bond acceptors (Lipinski definition) is 5. The van der Waals surface area contributed by atoms with Crippen molar-refractivity contribution < 1.29 is 13.9 Å². The molecule has 1 atom stereocenters. The number of methoxy groups -OCH3 is 1. The Morgan fingerprint density at radius 3 is 3.05 bits per heavy atom. The normalized spacial score (nSPS) is 18.8. The second-order valence-electron chi connectivity index (χ2n) is 5.19. The van der Waals surface area contributed by atoms with Gasteiger partial charge in [0.15, 0.2) is 11.6 Å². The van der Waals surface area contributed by atoms with Gasteiger partial charge in [-0.2, -0.15) is 5.10 Å². The van der Waals surface area contributed by atoms with Crippen LogP contribution >= 0.6 is 0 Å². The van der Waals surface area contributed by atoms with E-state index in [0.29, 0.717) is 18.3 Å². The summed E-state index contributed by atoms with van der Waals surface area (Å²) in [5, 5.41) is 7.06. The highest BCUT2D eigenvalue weighted by atomic mass is 16.6. The molecular weight excluding hydrogens is 272 g/mol. The van der Waals surface area contributed by atoms with Crippen LogP contribution in [-0.2, 0) is 0 Å². The maximum atomic E-state index is 12.4. The van der Waals surface area contributed by atoms with Gasteiger partial charge in [0.25, 0.3) is 11.9 Å². The second kappa shape index (κ2) is 5.59. The highest BCUT2D eigenvalue weighted by Crippen LogP contribution is 2.26. The molecule has 1 N–H and O–H groups in total. The lowest BCUT2D eigenvalue weighted by molar-refractivity contribution is 0.0666. The Labute approximate surface area is 122 Å². The van der Waals surface area contributed by atoms with Gasteiger partial charge in [0.1, 0.15) is 5.82 Å². The quantitative estimate of drug-likeness (QED) is 0.930. The van der Waals surface area contributed by atoms with E-state index < -0.39 is 0 Å². The van der Waals surface area contributed by atoms with Crippen molar-refractivity contribution in [2.24, 2.45) is 0 Å². The predicted molar refractivity (Wildman–Crippen MR) is 74.3 cm³/mol. The van der Waals surface area contributed by atoms with Crippen LogP contribution in [0.1, 0.15) is 41.0 Å². The minimum absolute atomic E-state index is 0.116. The van der Waals surface area contributed by atoms with Crippen LogP contribution in [0.5, 0.6) is 5.95 Å². The van der Waals surface area contributed by atoms with Crippen LogP contribution in [0.4, 0.5) is 0 Å². The molecule has 0 spiro atoms. The maximum absolute atomic E-state index is 12.4. The lowest BCUT2D eigenvalue weighted by Crippen LogP contribution is -2.39. The summed E-state index contributed by atoms with van der Waals surface area (Å²) < 4.78 is 10.3. The van der Waals surface area contributed by atoms with Crippen molar-refractivity contribution in [1.82, 2.24) is 20.1 Å². The average molecular weight is 290 g/mol. The Bertz CT molecular complexity index is 634. The molecule has 3 rings (SSSR count). The molecule has 1 fully saturated rings. The van der Waals surface area contributed by atoms with Gasteiger partial charge in [-0.3, -0.25) is 9.89 Å². The summed E-state index contributed by atoms with van der Waals surface area (Å²) in [6.45, 7) is 3.21. The van der Waals surface area contributed by atoms with Gasteiger partial charge < -0.3 is 14.1 Å². The highest BCUT2D eigenvalue weighted by Gasteiger charge is 2.29. The number of furan rings is 1. The van der Waals surface area contributed by atoms with E-state index >= 15 is 0 Å². The van der Waals surface area contributed by atoms with Crippen molar-refractivity contribution in [1.29, 1.82) is 0 Å². The van der Waals surface area contributed by atoms with Crippen molar-refractivity contribution in [2.75, 3.05) is 20.2 Å². The van der Waals surface area contributed by atoms with E-state index in [1.807, 2.05) is 6.92 Å². The van der Waals surface area contributed by atoms with Crippen molar-refractivity contribution in [3.05, 3.63) is 29.5 Å². The molecule has 21 heavy (non-hydrogen) atoms. The standard InChI is InChI=1S/C14H18N4O3/c1-9-15-13(17-16-9)10-4-3-7-18(8-10)14(19)11-5-6-12(20-2)21-11/h5-6,10H,3-4,7-8H2,1-2H3,(H,15,16,17)/t10-/m0/s1. The topological polar surface area (TPSA) is 84.2 Å². The van der Waals surface area contributed by atoms with Gasteiger partial charge in [0.05, 0.1) is 7.11 Å². The number of piperidine rings is 1. The zero-order valence-corrected chi connectivity index (χ0v) is 12.1. The molecule has 0 saturated carbocycles. The summed E-state index contributed by atoms with van der Waals surface area (Å²) in [4.78, 5) is 18.6. The SMILES string of the molecule is COc1ccc(C(=O)N2CCC[C@H](c3n[nH]c(C)n3)C2)o1. The van der Waals surface area contributed by atoms with Crippen LogP contribution in [0.25, 0.3) is 0 Å². The fourth-order valence-electron chi connectivity index (χ4n) is 2.62. The van der Waals surface area contributed by atoms with E-state index in [4.69, 9.17) is 9.15 Å². The molecule has 112 valence electrons. The second-order valence-corrected chi connectivity index (χ2v) is 5.19. The van der Waals surface area contributed by atoms with Crippen LogP contribution < -0.4 is 4.74 Å². The molecule has 7 nitrogen and oxygen atoms in total. The summed E-state index contributed by atoms with van der Waals surface area (Å²) in [6, 6.07) is 3.29. The van der Waals surface area contributed by atoms with Crippen molar-refractivity contribution in [2.45, 2.75) is 25.7 Å². The number of H-pyrrole nitrogens is 1. The Balaban J connectivity index is 1.72. The predicted octanol–water partition coefficient (Wildman–Crippen LogP) is 1.73. The molecule has 1 amide bonds. The number of amides is 1. The number of rotatable bonds is 3. The van der Waals surface area contributed by atoms with E-state index in [-0.39, 0.29) is 11.8 Å². The number of carbonyl (C=O) groups excluding carboxylic acids is 1. The average Bonchev–Trinajstić information content (AvgIpc) is 3.15. The number of nitrogens with one attached hydrogen (secondary N) is 1. The first-order valence-electron chi connectivity index (χ1n) is 6.99. The Hall–Kier alpha value is -2.31. The van der Waals surface area contributed by atoms with Gasteiger partial charge in [-0.1, -0.05) is 0 Å². The molecule has 0 unspecified atom stereocenters. The fraction of sp³-hybridized carbons (Fsp3) is 0.500. The summed E-state index contributed by atoms with van der Waals surface area (Å²) in [7, 11) is 1.51. The summed E-state index contributed by atoms with van der Waals surface area (Å²) in [5.41, 5.74) is 0. The molecule has 1 aliphatic heterocycles. The van der Waals surface area contributed by atoms with Gasteiger partial charge >= 0.3 is 0 Å². The van der Waals surface area contributed by atoms with Gasteiger partial charge in [-0.25, -0.2) is 4.98 Å². The molecular formula is C14H18N4O3. The molecule has 3 heterocycles. The van der Waals surface area contributed by atoms with Crippen molar-refractivity contribution in [3.8, 4) is 5.95 Å². The van der Waals surface area contributed by atoms with E-state index in [1.165, 1.54) is 7.11 Å². The first kappa shape index (κ1) is 13.7. The summed E-state index contributed by atoms with van der Waals surface area (Å²) >= 11 is 0. The van der Waals surface area contributed by atoms with E-state index in [1.54, 1.807) is 17.0 Å². The molecule has 0 radical (unpaired) electrons. The Morgan fingerprint density at radius 2 is 2.38 bits per heavy atom. The molecule has 1 saturated heterocycles. The molecule has 0 aliphatic carbocycles. The van der Waals surface area contributed by atoms with Crippen LogP contribution in [0.2, 0.25) is 0 Å². The summed E-state index contributed by atoms with van der Waals surface area (Å²) in [5.74, 6) is 2.28. The van der Waals surface area contributed by atoms with Crippen LogP contribution in [0.3, 0.4) is 0 Å². The molecule has 2 aromatic heterocycles. The molecule has 0 aromatic carbocycles. The molecule has 0 bridgehead atoms. The number of aromatic amines is 1. The zero-order valence-electron chi connectivity index (χ0n) is 12.1. The lowest BCUT2D eigenvalue weighted by atomic mass is 9.97. The Kier molecular flexibility index (Phi) is 3.64. The third-order valence-corrected chi connectivity index (χ3v) is 3.68. The minimum Gasteiger partial charge on any atom is -0.468 e. The van der Waals surface area contributed by atoms with Crippen LogP contribution in [0, 0.1) is 6.92 Å². The molecule has 7 heteroatoms. The van der Waals surface area contributed by atoms with Gasteiger partial charge in [-0.15, -0.1) is 0 Å². The number of carbonyl (C=O) groups is 1. The van der Waals surface area contributed by atoms with Crippen LogP contribution in [-0.4, -0.2) is 46.2 Å². The first-order chi connectivity index (χ1) is 10.2. The fourth-order valence-corrected chi connectivity index (χ4v) is 2.62. The lowest BCUT2D eigenvalue weighted by Gasteiger charge is -2.30. The zero-order chi connectivity index (χ0) is 14.8. The Morgan fingerprint density at radius 1 is 1.52 bits per heavy atom. The number of aryl methyl sites for hydroxylation is 1. The molecule has 2 aromatic rings. The summed E-state index contributed by atoms with van der Waals surface area (Å²) in [6.07, 6.45) is 1.92. The smallest absolute Gasteiger partial charge is 0.289 e. The monoisotopic (exact) mass is 290 g/mol. The van der Waals surface area contributed by atoms with E-state index in [9.17, 15) is 4.79 Å². The third-order valence-electron chi connectivity index (χ3n) is 3.68. The number of aromatic nitrogens is 3. The number of likely N-dealkylation sites (tertiary alicyclic amines) is 1. The van der Waals surface area contributed by atoms with E-state index in [2.05, 4.69) is 15.2 Å². The number of nitrogens with zero attached hydrogens (tertiary/aromatic N) is 3. The maximum Gasteiger partial charge on any atom is 0.289 e. The van der Waals surface area contributed by atoms with Gasteiger partial charge in [-0.05, 0) is 25.8 Å². The van der Waals surface area contributed by atoms with Gasteiger partial charge in [0.2, 0.25) is 0 Å². The van der Waals surface area contributed by atoms with Crippen molar-refractivity contribution in [3.63, 3.8) is 0 Å². The molecule has 1 aliphatic rings. The number of hydrogen-bond donors (Lipinski definition) is 1.